The van der Waals surface area contributed by atoms with Crippen LogP contribution in [0.25, 0.3) is 0 Å². The van der Waals surface area contributed by atoms with E-state index in [0.717, 1.165) is 0 Å². The van der Waals surface area contributed by atoms with Crippen LogP contribution < -0.4 is 5.32 Å². The molecule has 0 amide bonds. The molecule has 1 aromatic rings. The van der Waals surface area contributed by atoms with Gasteiger partial charge in [-0.2, -0.15) is 5.10 Å². The third kappa shape index (κ3) is 1.37. The maximum absolute atomic E-state index is 4.26. The number of hydrogen-bond acceptors (Lipinski definition) is 2. The van der Waals surface area contributed by atoms with Gasteiger partial charge in [-0.3, -0.25) is 4.68 Å². The zero-order valence-corrected chi connectivity index (χ0v) is 7.40. The largest absolute Gasteiger partial charge is 0.317 e. The van der Waals surface area contributed by atoms with Crippen molar-refractivity contribution in [1.29, 1.82) is 0 Å². The van der Waals surface area contributed by atoms with Crippen molar-refractivity contribution < 1.29 is 0 Å². The third-order valence-corrected chi connectivity index (χ3v) is 2.71. The fourth-order valence-electron chi connectivity index (χ4n) is 1.96. The van der Waals surface area contributed by atoms with Crippen molar-refractivity contribution in [3.63, 3.8) is 0 Å². The van der Waals surface area contributed by atoms with Crippen molar-refractivity contribution in [2.45, 2.75) is 31.3 Å². The smallest absolute Gasteiger partial charge is 0.0534 e. The molecule has 2 atom stereocenters. The lowest BCUT2D eigenvalue weighted by molar-refractivity contribution is 0.451. The molecule has 1 aliphatic carbocycles. The zero-order chi connectivity index (χ0) is 8.39. The number of nitrogens with zero attached hydrogens (tertiary/aromatic N) is 2. The molecule has 0 radical (unpaired) electrons. The molecule has 0 aromatic carbocycles. The molecule has 66 valence electrons. The first-order valence-electron chi connectivity index (χ1n) is 4.56. The van der Waals surface area contributed by atoms with Crippen molar-refractivity contribution in [2.75, 3.05) is 7.05 Å². The molecule has 1 N–H and O–H groups in total. The summed E-state index contributed by atoms with van der Waals surface area (Å²) >= 11 is 0. The molecule has 1 saturated carbocycles. The Labute approximate surface area is 72.8 Å². The van der Waals surface area contributed by atoms with Crippen LogP contribution in [0.2, 0.25) is 0 Å². The second-order valence-electron chi connectivity index (χ2n) is 3.44. The first-order valence-corrected chi connectivity index (χ1v) is 4.56. The van der Waals surface area contributed by atoms with E-state index in [2.05, 4.69) is 21.3 Å². The lowest BCUT2D eigenvalue weighted by Crippen LogP contribution is -2.21. The molecule has 3 nitrogen and oxygen atoms in total. The van der Waals surface area contributed by atoms with Crippen LogP contribution in [0, 0.1) is 0 Å². The second-order valence-corrected chi connectivity index (χ2v) is 3.44. The van der Waals surface area contributed by atoms with Crippen LogP contribution in [0.3, 0.4) is 0 Å². The molecular formula is C9H15N3. The zero-order valence-electron chi connectivity index (χ0n) is 7.40. The van der Waals surface area contributed by atoms with E-state index >= 15 is 0 Å². The molecule has 1 aliphatic rings. The van der Waals surface area contributed by atoms with Gasteiger partial charge in [-0.25, -0.2) is 0 Å². The Morgan fingerprint density at radius 1 is 1.50 bits per heavy atom. The van der Waals surface area contributed by atoms with Gasteiger partial charge in [-0.1, -0.05) is 0 Å². The average Bonchev–Trinajstić information content (AvgIpc) is 2.75. The third-order valence-electron chi connectivity index (χ3n) is 2.71. The van der Waals surface area contributed by atoms with Gasteiger partial charge in [0, 0.05) is 18.4 Å². The molecule has 0 aliphatic heterocycles. The number of rotatable bonds is 2. The summed E-state index contributed by atoms with van der Waals surface area (Å²) in [6.45, 7) is 0. The first kappa shape index (κ1) is 7.80. The summed E-state index contributed by atoms with van der Waals surface area (Å²) < 4.78 is 2.08. The minimum absolute atomic E-state index is 0.623. The van der Waals surface area contributed by atoms with Gasteiger partial charge >= 0.3 is 0 Å². The SMILES string of the molecule is CNC1CCC(n2cccn2)C1. The first-order chi connectivity index (χ1) is 5.90. The van der Waals surface area contributed by atoms with Crippen LogP contribution in [0.15, 0.2) is 18.5 Å². The second kappa shape index (κ2) is 3.27. The van der Waals surface area contributed by atoms with Crippen molar-refractivity contribution in [2.24, 2.45) is 0 Å². The summed E-state index contributed by atoms with van der Waals surface area (Å²) in [6, 6.07) is 3.31. The lowest BCUT2D eigenvalue weighted by atomic mass is 10.2. The quantitative estimate of drug-likeness (QED) is 0.713. The van der Waals surface area contributed by atoms with Gasteiger partial charge in [-0.05, 0) is 32.4 Å². The molecule has 1 aromatic heterocycles. The van der Waals surface area contributed by atoms with Crippen molar-refractivity contribution in [3.8, 4) is 0 Å². The van der Waals surface area contributed by atoms with Gasteiger partial charge in [-0.15, -0.1) is 0 Å². The average molecular weight is 165 g/mol. The van der Waals surface area contributed by atoms with Gasteiger partial charge in [0.05, 0.1) is 6.04 Å². The minimum Gasteiger partial charge on any atom is -0.317 e. The highest BCUT2D eigenvalue weighted by molar-refractivity contribution is 4.87. The maximum atomic E-state index is 4.26. The molecule has 0 spiro atoms. The summed E-state index contributed by atoms with van der Waals surface area (Å²) in [5.74, 6) is 0. The van der Waals surface area contributed by atoms with Crippen molar-refractivity contribution in [1.82, 2.24) is 15.1 Å². The molecule has 0 bridgehead atoms. The summed E-state index contributed by atoms with van der Waals surface area (Å²) in [5.41, 5.74) is 0. The van der Waals surface area contributed by atoms with Crippen LogP contribution in [0.1, 0.15) is 25.3 Å². The van der Waals surface area contributed by atoms with Gasteiger partial charge in [0.15, 0.2) is 0 Å². The Morgan fingerprint density at radius 3 is 3.00 bits per heavy atom. The normalized spacial score (nSPS) is 29.4. The van der Waals surface area contributed by atoms with E-state index in [1.807, 2.05) is 19.3 Å². The molecule has 2 rings (SSSR count). The van der Waals surface area contributed by atoms with E-state index in [1.165, 1.54) is 19.3 Å². The van der Waals surface area contributed by atoms with E-state index in [0.29, 0.717) is 12.1 Å². The monoisotopic (exact) mass is 165 g/mol. The molecule has 2 unspecified atom stereocenters. The standard InChI is InChI=1S/C9H15N3/c1-10-8-3-4-9(7-8)12-6-2-5-11-12/h2,5-6,8-10H,3-4,7H2,1H3. The van der Waals surface area contributed by atoms with E-state index in [4.69, 9.17) is 0 Å². The number of hydrogen-bond donors (Lipinski definition) is 1. The highest BCUT2D eigenvalue weighted by Crippen LogP contribution is 2.28. The topological polar surface area (TPSA) is 29.9 Å². The lowest BCUT2D eigenvalue weighted by Gasteiger charge is -2.10. The summed E-state index contributed by atoms with van der Waals surface area (Å²) in [7, 11) is 2.04. The molecule has 1 heterocycles. The Bertz CT molecular complexity index is 230. The van der Waals surface area contributed by atoms with E-state index in [-0.39, 0.29) is 0 Å². The Morgan fingerprint density at radius 2 is 2.42 bits per heavy atom. The molecule has 0 saturated heterocycles. The van der Waals surface area contributed by atoms with Crippen molar-refractivity contribution in [3.05, 3.63) is 18.5 Å². The molecule has 12 heavy (non-hydrogen) atoms. The van der Waals surface area contributed by atoms with Crippen molar-refractivity contribution >= 4 is 0 Å². The van der Waals surface area contributed by atoms with E-state index in [9.17, 15) is 0 Å². The van der Waals surface area contributed by atoms with Gasteiger partial charge in [0.2, 0.25) is 0 Å². The highest BCUT2D eigenvalue weighted by Gasteiger charge is 2.24. The van der Waals surface area contributed by atoms with Gasteiger partial charge in [0.1, 0.15) is 0 Å². The summed E-state index contributed by atoms with van der Waals surface area (Å²) in [6.07, 6.45) is 7.67. The highest BCUT2D eigenvalue weighted by atomic mass is 15.3. The Balaban J connectivity index is 2.00. The summed E-state index contributed by atoms with van der Waals surface area (Å²) in [4.78, 5) is 0. The van der Waals surface area contributed by atoms with Crippen LogP contribution in [-0.4, -0.2) is 22.9 Å². The summed E-state index contributed by atoms with van der Waals surface area (Å²) in [5, 5.41) is 7.57. The van der Waals surface area contributed by atoms with Crippen LogP contribution in [0.5, 0.6) is 0 Å². The van der Waals surface area contributed by atoms with Crippen LogP contribution in [-0.2, 0) is 0 Å². The van der Waals surface area contributed by atoms with E-state index < -0.39 is 0 Å². The predicted octanol–water partition coefficient (Wildman–Crippen LogP) is 1.20. The van der Waals surface area contributed by atoms with Crippen LogP contribution >= 0.6 is 0 Å². The van der Waals surface area contributed by atoms with Gasteiger partial charge < -0.3 is 5.32 Å². The Hall–Kier alpha value is -0.830. The number of aromatic nitrogens is 2. The Kier molecular flexibility index (Phi) is 2.13. The maximum Gasteiger partial charge on any atom is 0.0534 e. The fourth-order valence-corrected chi connectivity index (χ4v) is 1.96. The molecular weight excluding hydrogens is 150 g/mol. The van der Waals surface area contributed by atoms with E-state index in [1.54, 1.807) is 0 Å². The van der Waals surface area contributed by atoms with Gasteiger partial charge in [0.25, 0.3) is 0 Å². The number of nitrogens with one attached hydrogen (secondary N) is 1. The minimum atomic E-state index is 0.623. The van der Waals surface area contributed by atoms with Crippen LogP contribution in [0.4, 0.5) is 0 Å². The molecule has 3 heteroatoms. The molecule has 1 fully saturated rings. The predicted molar refractivity (Wildman–Crippen MR) is 48.0 cm³/mol. The fraction of sp³-hybridized carbons (Fsp3) is 0.667.